The molecule has 4 rings (SSSR count). The van der Waals surface area contributed by atoms with Crippen molar-refractivity contribution in [2.24, 2.45) is 0 Å². The average Bonchev–Trinajstić information content (AvgIpc) is 3.16. The fourth-order valence-electron chi connectivity index (χ4n) is 3.78. The molecule has 0 spiro atoms. The summed E-state index contributed by atoms with van der Waals surface area (Å²) in [7, 11) is 0. The molecule has 0 radical (unpaired) electrons. The molecule has 2 aromatic carbocycles. The highest BCUT2D eigenvalue weighted by Crippen LogP contribution is 2.31. The SMILES string of the molecule is CCCOC(=O)c1ccc(-n2c(N)c(C(=O)NCCCOCC)c3nc4ccccc4nc32)cc1. The van der Waals surface area contributed by atoms with Crippen molar-refractivity contribution in [2.75, 3.05) is 32.1 Å². The summed E-state index contributed by atoms with van der Waals surface area (Å²) in [5, 5.41) is 2.91. The molecule has 182 valence electrons. The lowest BCUT2D eigenvalue weighted by Crippen LogP contribution is -2.26. The lowest BCUT2D eigenvalue weighted by molar-refractivity contribution is 0.0505. The van der Waals surface area contributed by atoms with Gasteiger partial charge in [-0.3, -0.25) is 9.36 Å². The maximum absolute atomic E-state index is 13.2. The van der Waals surface area contributed by atoms with Crippen LogP contribution in [0.3, 0.4) is 0 Å². The topological polar surface area (TPSA) is 121 Å². The first kappa shape index (κ1) is 24.2. The Morgan fingerprint density at radius 3 is 2.40 bits per heavy atom. The lowest BCUT2D eigenvalue weighted by Gasteiger charge is -2.09. The number of benzene rings is 2. The number of carbonyl (C=O) groups is 2. The summed E-state index contributed by atoms with van der Waals surface area (Å²) in [6, 6.07) is 14.3. The van der Waals surface area contributed by atoms with Gasteiger partial charge in [0.05, 0.1) is 23.2 Å². The summed E-state index contributed by atoms with van der Waals surface area (Å²) in [5.41, 5.74) is 10.1. The molecule has 0 atom stereocenters. The third-order valence-corrected chi connectivity index (χ3v) is 5.48. The maximum atomic E-state index is 13.2. The number of hydrogen-bond donors (Lipinski definition) is 2. The quantitative estimate of drug-likeness (QED) is 0.264. The van der Waals surface area contributed by atoms with E-state index < -0.39 is 0 Å². The summed E-state index contributed by atoms with van der Waals surface area (Å²) < 4.78 is 12.2. The zero-order chi connectivity index (χ0) is 24.8. The molecule has 9 heteroatoms. The minimum Gasteiger partial charge on any atom is -0.462 e. The fourth-order valence-corrected chi connectivity index (χ4v) is 3.78. The van der Waals surface area contributed by atoms with Crippen LogP contribution in [-0.4, -0.2) is 52.8 Å². The molecular formula is C26H29N5O4. The van der Waals surface area contributed by atoms with E-state index in [-0.39, 0.29) is 23.3 Å². The van der Waals surface area contributed by atoms with Crippen LogP contribution >= 0.6 is 0 Å². The highest BCUT2D eigenvalue weighted by atomic mass is 16.5. The number of nitrogens with two attached hydrogens (primary N) is 1. The highest BCUT2D eigenvalue weighted by Gasteiger charge is 2.24. The zero-order valence-electron chi connectivity index (χ0n) is 19.9. The van der Waals surface area contributed by atoms with E-state index in [1.165, 1.54) is 0 Å². The normalized spacial score (nSPS) is 11.1. The van der Waals surface area contributed by atoms with E-state index >= 15 is 0 Å². The summed E-state index contributed by atoms with van der Waals surface area (Å²) in [6.45, 7) is 5.87. The van der Waals surface area contributed by atoms with Crippen molar-refractivity contribution in [1.82, 2.24) is 19.9 Å². The largest absolute Gasteiger partial charge is 0.462 e. The van der Waals surface area contributed by atoms with Crippen molar-refractivity contribution in [2.45, 2.75) is 26.7 Å². The predicted molar refractivity (Wildman–Crippen MR) is 135 cm³/mol. The number of para-hydroxylation sites is 2. The average molecular weight is 476 g/mol. The standard InChI is InChI=1S/C26H29N5O4/c1-3-15-35-26(33)17-10-12-18(13-11-17)31-23(27)21(25(32)28-14-7-16-34-4-2)22-24(31)30-20-9-6-5-8-19(20)29-22/h5-6,8-13H,3-4,7,14-16,27H2,1-2H3,(H,28,32). The molecule has 0 saturated carbocycles. The van der Waals surface area contributed by atoms with Crippen molar-refractivity contribution in [1.29, 1.82) is 0 Å². The van der Waals surface area contributed by atoms with Crippen molar-refractivity contribution < 1.29 is 19.1 Å². The van der Waals surface area contributed by atoms with Gasteiger partial charge in [-0.05, 0) is 56.2 Å². The molecule has 0 unspecified atom stereocenters. The van der Waals surface area contributed by atoms with Crippen LogP contribution in [0.4, 0.5) is 5.82 Å². The van der Waals surface area contributed by atoms with Gasteiger partial charge < -0.3 is 20.5 Å². The predicted octanol–water partition coefficient (Wildman–Crippen LogP) is 3.88. The van der Waals surface area contributed by atoms with Gasteiger partial charge in [0.2, 0.25) is 0 Å². The van der Waals surface area contributed by atoms with E-state index in [4.69, 9.17) is 25.2 Å². The summed E-state index contributed by atoms with van der Waals surface area (Å²) in [6.07, 6.45) is 1.43. The number of nitrogens with one attached hydrogen (secondary N) is 1. The number of carbonyl (C=O) groups excluding carboxylic acids is 2. The van der Waals surface area contributed by atoms with Crippen LogP contribution in [0.5, 0.6) is 0 Å². The van der Waals surface area contributed by atoms with Crippen LogP contribution in [0.1, 0.15) is 47.4 Å². The van der Waals surface area contributed by atoms with Gasteiger partial charge in [0.1, 0.15) is 16.9 Å². The van der Waals surface area contributed by atoms with Crippen molar-refractivity contribution in [3.8, 4) is 5.69 Å². The maximum Gasteiger partial charge on any atom is 0.338 e. The molecule has 9 nitrogen and oxygen atoms in total. The van der Waals surface area contributed by atoms with Crippen LogP contribution in [0.25, 0.3) is 27.9 Å². The molecule has 2 heterocycles. The van der Waals surface area contributed by atoms with E-state index in [9.17, 15) is 9.59 Å². The number of fused-ring (bicyclic) bond motifs is 2. The summed E-state index contributed by atoms with van der Waals surface area (Å²) in [5.74, 6) is -0.493. The Morgan fingerprint density at radius 2 is 1.71 bits per heavy atom. The Balaban J connectivity index is 1.75. The highest BCUT2D eigenvalue weighted by molar-refractivity contribution is 6.11. The smallest absolute Gasteiger partial charge is 0.338 e. The molecule has 2 aromatic heterocycles. The minimum absolute atomic E-state index is 0.221. The third-order valence-electron chi connectivity index (χ3n) is 5.48. The van der Waals surface area contributed by atoms with E-state index in [0.717, 1.165) is 6.42 Å². The van der Waals surface area contributed by atoms with Gasteiger partial charge in [0.15, 0.2) is 5.65 Å². The molecule has 0 saturated heterocycles. The number of nitrogens with zero attached hydrogens (tertiary/aromatic N) is 3. The van der Waals surface area contributed by atoms with Crippen LogP contribution in [0.2, 0.25) is 0 Å². The van der Waals surface area contributed by atoms with Gasteiger partial charge in [-0.15, -0.1) is 0 Å². The Kier molecular flexibility index (Phi) is 7.57. The number of amides is 1. The second-order valence-electron chi connectivity index (χ2n) is 7.97. The number of nitrogen functional groups attached to an aromatic ring is 1. The molecule has 0 aliphatic rings. The van der Waals surface area contributed by atoms with Crippen LogP contribution in [0.15, 0.2) is 48.5 Å². The molecule has 0 aliphatic heterocycles. The number of hydrogen-bond acceptors (Lipinski definition) is 7. The summed E-state index contributed by atoms with van der Waals surface area (Å²) >= 11 is 0. The number of anilines is 1. The number of rotatable bonds is 10. The summed E-state index contributed by atoms with van der Waals surface area (Å²) in [4.78, 5) is 34.8. The molecule has 35 heavy (non-hydrogen) atoms. The van der Waals surface area contributed by atoms with Crippen LogP contribution in [-0.2, 0) is 9.47 Å². The Bertz CT molecular complexity index is 1350. The number of esters is 1. The van der Waals surface area contributed by atoms with E-state index in [2.05, 4.69) is 5.32 Å². The number of ether oxygens (including phenoxy) is 2. The monoisotopic (exact) mass is 475 g/mol. The second kappa shape index (κ2) is 11.0. The van der Waals surface area contributed by atoms with Gasteiger partial charge in [-0.25, -0.2) is 14.8 Å². The fraction of sp³-hybridized carbons (Fsp3) is 0.308. The van der Waals surface area contributed by atoms with Crippen molar-refractivity contribution in [3.05, 3.63) is 59.7 Å². The van der Waals surface area contributed by atoms with Crippen molar-refractivity contribution in [3.63, 3.8) is 0 Å². The van der Waals surface area contributed by atoms with E-state index in [1.807, 2.05) is 38.1 Å². The van der Waals surface area contributed by atoms with Gasteiger partial charge >= 0.3 is 5.97 Å². The first-order valence-electron chi connectivity index (χ1n) is 11.7. The molecule has 3 N–H and O–H groups in total. The van der Waals surface area contributed by atoms with Gasteiger partial charge in [-0.1, -0.05) is 19.1 Å². The third kappa shape index (κ3) is 5.09. The zero-order valence-corrected chi connectivity index (χ0v) is 19.9. The van der Waals surface area contributed by atoms with Gasteiger partial charge in [0.25, 0.3) is 5.91 Å². The van der Waals surface area contributed by atoms with Gasteiger partial charge in [-0.2, -0.15) is 0 Å². The molecule has 4 aromatic rings. The van der Waals surface area contributed by atoms with Crippen LogP contribution in [0, 0.1) is 0 Å². The first-order valence-corrected chi connectivity index (χ1v) is 11.7. The van der Waals surface area contributed by atoms with Crippen molar-refractivity contribution >= 4 is 39.9 Å². The molecule has 0 fully saturated rings. The lowest BCUT2D eigenvalue weighted by atomic mass is 10.2. The molecular weight excluding hydrogens is 446 g/mol. The molecule has 0 aliphatic carbocycles. The van der Waals surface area contributed by atoms with Crippen LogP contribution < -0.4 is 11.1 Å². The minimum atomic E-state index is -0.387. The van der Waals surface area contributed by atoms with E-state index in [0.29, 0.717) is 66.2 Å². The molecule has 0 bridgehead atoms. The molecule has 1 amide bonds. The Morgan fingerprint density at radius 1 is 1.00 bits per heavy atom. The second-order valence-corrected chi connectivity index (χ2v) is 7.97. The number of aromatic nitrogens is 3. The van der Waals surface area contributed by atoms with E-state index in [1.54, 1.807) is 28.8 Å². The Labute approximate surface area is 203 Å². The Hall–Kier alpha value is -3.98. The van der Waals surface area contributed by atoms with Gasteiger partial charge in [0, 0.05) is 25.4 Å². The first-order chi connectivity index (χ1) is 17.0.